The third-order valence-electron chi connectivity index (χ3n) is 7.81. The van der Waals surface area contributed by atoms with Crippen LogP contribution in [0.4, 0.5) is 0 Å². The maximum absolute atomic E-state index is 10.9. The lowest BCUT2D eigenvalue weighted by molar-refractivity contribution is -0.379. The lowest BCUT2D eigenvalue weighted by atomic mass is 9.96. The molecule has 3 heterocycles. The van der Waals surface area contributed by atoms with Crippen LogP contribution in [0.2, 0.25) is 0 Å². The van der Waals surface area contributed by atoms with Gasteiger partial charge in [-0.2, -0.15) is 0 Å². The van der Waals surface area contributed by atoms with Crippen LogP contribution >= 0.6 is 0 Å². The summed E-state index contributed by atoms with van der Waals surface area (Å²) in [6.45, 7) is -0.695. The number of carboxylic acid groups (broad SMARTS) is 1. The van der Waals surface area contributed by atoms with Gasteiger partial charge in [-0.15, -0.1) is 0 Å². The highest BCUT2D eigenvalue weighted by Gasteiger charge is 2.53. The van der Waals surface area contributed by atoms with Crippen molar-refractivity contribution in [2.24, 2.45) is 5.92 Å². The topological polar surface area (TPSA) is 295 Å². The van der Waals surface area contributed by atoms with Crippen LogP contribution in [0.1, 0.15) is 26.2 Å². The van der Waals surface area contributed by atoms with Gasteiger partial charge in [0.1, 0.15) is 73.2 Å². The van der Waals surface area contributed by atoms with E-state index in [1.807, 2.05) is 0 Å². The minimum absolute atomic E-state index is 0.0507. The van der Waals surface area contributed by atoms with Crippen molar-refractivity contribution in [3.05, 3.63) is 0 Å². The maximum atomic E-state index is 10.9. The van der Waals surface area contributed by atoms with Gasteiger partial charge in [0.2, 0.25) is 0 Å². The van der Waals surface area contributed by atoms with E-state index in [1.54, 1.807) is 6.92 Å². The van der Waals surface area contributed by atoms with Crippen molar-refractivity contribution in [1.82, 2.24) is 0 Å². The Hall–Kier alpha value is -1.17. The molecule has 3 saturated heterocycles. The van der Waals surface area contributed by atoms with Crippen molar-refractivity contribution in [2.45, 2.75) is 118 Å². The zero-order valence-electron chi connectivity index (χ0n) is 23.5. The number of aliphatic hydroxyl groups excluding tert-OH is 10. The molecular weight excluding hydrogens is 588 g/mol. The van der Waals surface area contributed by atoms with Gasteiger partial charge < -0.3 is 84.6 Å². The van der Waals surface area contributed by atoms with Gasteiger partial charge in [0.05, 0.1) is 25.7 Å². The number of unbranched alkanes of at least 4 members (excludes halogenated alkanes) is 1. The van der Waals surface area contributed by atoms with Gasteiger partial charge in [0.15, 0.2) is 18.9 Å². The first-order valence-corrected chi connectivity index (χ1v) is 14.1. The van der Waals surface area contributed by atoms with E-state index in [0.29, 0.717) is 19.3 Å². The Bertz CT molecular complexity index is 845. The third kappa shape index (κ3) is 8.55. The number of rotatable bonds is 14. The van der Waals surface area contributed by atoms with E-state index >= 15 is 0 Å². The minimum Gasteiger partial charge on any atom is -0.481 e. The summed E-state index contributed by atoms with van der Waals surface area (Å²) in [6, 6.07) is 0. The van der Waals surface area contributed by atoms with E-state index in [-0.39, 0.29) is 6.61 Å². The van der Waals surface area contributed by atoms with Gasteiger partial charge in [-0.05, 0) is 12.8 Å². The van der Waals surface area contributed by atoms with Crippen molar-refractivity contribution in [2.75, 3.05) is 26.4 Å². The second-order valence-corrected chi connectivity index (χ2v) is 10.9. The van der Waals surface area contributed by atoms with Gasteiger partial charge in [-0.1, -0.05) is 13.3 Å². The molecule has 0 aliphatic carbocycles. The highest BCUT2D eigenvalue weighted by Crippen LogP contribution is 2.32. The summed E-state index contributed by atoms with van der Waals surface area (Å²) < 4.78 is 32.9. The van der Waals surface area contributed by atoms with Crippen molar-refractivity contribution in [1.29, 1.82) is 0 Å². The van der Waals surface area contributed by atoms with Crippen LogP contribution in [0.5, 0.6) is 0 Å². The Morgan fingerprint density at radius 2 is 1.07 bits per heavy atom. The molecule has 0 aromatic carbocycles. The average Bonchev–Trinajstić information content (AvgIpc) is 2.99. The Labute approximate surface area is 246 Å². The molecule has 0 radical (unpaired) electrons. The molecule has 16 atom stereocenters. The van der Waals surface area contributed by atoms with E-state index in [9.17, 15) is 55.9 Å². The number of aliphatic carboxylic acids is 1. The zero-order chi connectivity index (χ0) is 32.0. The maximum Gasteiger partial charge on any atom is 0.306 e. The highest BCUT2D eigenvalue weighted by molar-refractivity contribution is 5.69. The second-order valence-electron chi connectivity index (χ2n) is 10.9. The molecule has 0 aromatic heterocycles. The molecule has 18 nitrogen and oxygen atoms in total. The predicted molar refractivity (Wildman–Crippen MR) is 136 cm³/mol. The summed E-state index contributed by atoms with van der Waals surface area (Å²) in [5.74, 6) is -1.46. The first-order chi connectivity index (χ1) is 20.4. The summed E-state index contributed by atoms with van der Waals surface area (Å²) in [5.41, 5.74) is 0. The smallest absolute Gasteiger partial charge is 0.306 e. The molecule has 3 aliphatic rings. The Kier molecular flexibility index (Phi) is 13.9. The number of carboxylic acids is 1. The summed E-state index contributed by atoms with van der Waals surface area (Å²) >= 11 is 0. The molecule has 3 fully saturated rings. The van der Waals surface area contributed by atoms with Gasteiger partial charge in [-0.25, -0.2) is 0 Å². The molecule has 11 N–H and O–H groups in total. The van der Waals surface area contributed by atoms with Crippen LogP contribution in [-0.4, -0.2) is 181 Å². The van der Waals surface area contributed by atoms with Crippen LogP contribution in [0.25, 0.3) is 0 Å². The third-order valence-corrected chi connectivity index (χ3v) is 7.81. The van der Waals surface area contributed by atoms with E-state index in [0.717, 1.165) is 0 Å². The number of aliphatic hydroxyl groups is 10. The fourth-order valence-electron chi connectivity index (χ4n) is 5.06. The van der Waals surface area contributed by atoms with Crippen molar-refractivity contribution in [3.63, 3.8) is 0 Å². The van der Waals surface area contributed by atoms with Gasteiger partial charge in [0.25, 0.3) is 0 Å². The van der Waals surface area contributed by atoms with Crippen LogP contribution in [-0.2, 0) is 33.2 Å². The number of carbonyl (C=O) groups is 1. The highest BCUT2D eigenvalue weighted by atomic mass is 16.8. The molecule has 0 amide bonds. The normalized spacial score (nSPS) is 44.7. The Morgan fingerprint density at radius 3 is 1.56 bits per heavy atom. The first-order valence-electron chi connectivity index (χ1n) is 14.1. The van der Waals surface area contributed by atoms with E-state index in [4.69, 9.17) is 33.5 Å². The molecule has 0 spiro atoms. The van der Waals surface area contributed by atoms with Gasteiger partial charge >= 0.3 is 5.97 Å². The molecule has 0 bridgehead atoms. The summed E-state index contributed by atoms with van der Waals surface area (Å²) in [5, 5.41) is 111. The number of ether oxygens (including phenoxy) is 6. The van der Waals surface area contributed by atoms with Crippen LogP contribution in [0, 0.1) is 5.92 Å². The Balaban J connectivity index is 1.60. The molecular formula is C25H44O18. The second kappa shape index (κ2) is 16.4. The standard InChI is InChI=1S/C25H44O18/c1-9(22(36)37)4-2-3-5-38-23-18(34)15(31)20(11(7-27)40-23)43-25-19(35)16(32)21(12(8-28)41-25)42-24-17(33)14(30)13(29)10(6-26)39-24/h9-21,23-35H,2-8H2,1H3,(H,36,37)/t9-,10?,11?,12?,13+,14-,15+,16+,17?,18?,19?,20+,21-,23+,24+,25-/m0/s1. The molecule has 252 valence electrons. The monoisotopic (exact) mass is 632 g/mol. The van der Waals surface area contributed by atoms with Gasteiger partial charge in [0, 0.05) is 6.61 Å². The lowest BCUT2D eigenvalue weighted by Crippen LogP contribution is -2.66. The van der Waals surface area contributed by atoms with E-state index < -0.39 is 124 Å². The average molecular weight is 633 g/mol. The molecule has 0 aromatic rings. The largest absolute Gasteiger partial charge is 0.481 e. The zero-order valence-corrected chi connectivity index (χ0v) is 23.5. The summed E-state index contributed by atoms with van der Waals surface area (Å²) in [4.78, 5) is 10.9. The summed E-state index contributed by atoms with van der Waals surface area (Å²) in [7, 11) is 0. The molecule has 18 heteroatoms. The van der Waals surface area contributed by atoms with Gasteiger partial charge in [-0.3, -0.25) is 4.79 Å². The van der Waals surface area contributed by atoms with Crippen molar-refractivity contribution in [3.8, 4) is 0 Å². The fraction of sp³-hybridized carbons (Fsp3) is 0.960. The lowest BCUT2D eigenvalue weighted by Gasteiger charge is -2.48. The Morgan fingerprint density at radius 1 is 0.628 bits per heavy atom. The molecule has 3 aliphatic heterocycles. The quantitative estimate of drug-likeness (QED) is 0.0795. The predicted octanol–water partition coefficient (Wildman–Crippen LogP) is -5.66. The molecule has 3 rings (SSSR count). The van der Waals surface area contributed by atoms with Crippen LogP contribution in [0.15, 0.2) is 0 Å². The van der Waals surface area contributed by atoms with E-state index in [2.05, 4.69) is 0 Å². The molecule has 43 heavy (non-hydrogen) atoms. The SMILES string of the molecule is C[C@@H](CCCCO[C@@H]1OC(CO)[C@@H](O[C@@H]2OC(CO)[C@H](O[C@H]3OC(CO)[C@@H](O)[C@H](O)C3O)[C@H](O)C2O)[C@H](O)C1O)C(=O)O. The first kappa shape index (κ1) is 36.3. The minimum atomic E-state index is -1.93. The molecule has 0 saturated carbocycles. The number of hydrogen-bond donors (Lipinski definition) is 11. The van der Waals surface area contributed by atoms with Crippen molar-refractivity contribution >= 4 is 5.97 Å². The number of hydrogen-bond acceptors (Lipinski definition) is 17. The van der Waals surface area contributed by atoms with Crippen molar-refractivity contribution < 1.29 is 89.4 Å². The summed E-state index contributed by atoms with van der Waals surface area (Å²) in [6.07, 6.45) is -23.3. The van der Waals surface area contributed by atoms with Crippen LogP contribution < -0.4 is 0 Å². The van der Waals surface area contributed by atoms with E-state index in [1.165, 1.54) is 0 Å². The van der Waals surface area contributed by atoms with Crippen LogP contribution in [0.3, 0.4) is 0 Å². The molecule has 6 unspecified atom stereocenters. The fourth-order valence-corrected chi connectivity index (χ4v) is 5.06.